The maximum absolute atomic E-state index is 12.8. The van der Waals surface area contributed by atoms with Crippen LogP contribution in [0.2, 0.25) is 5.02 Å². The Balaban J connectivity index is 2.33. The lowest BCUT2D eigenvalue weighted by Crippen LogP contribution is -2.52. The first-order chi connectivity index (χ1) is 14.5. The molecule has 0 unspecified atom stereocenters. The minimum Gasteiger partial charge on any atom is -0.395 e. The maximum Gasteiger partial charge on any atom is 0.426 e. The lowest BCUT2D eigenvalue weighted by molar-refractivity contribution is -0.242. The molecule has 0 saturated heterocycles. The van der Waals surface area contributed by atoms with E-state index in [4.69, 9.17) is 16.7 Å². The van der Waals surface area contributed by atoms with Crippen molar-refractivity contribution in [1.29, 1.82) is 0 Å². The van der Waals surface area contributed by atoms with Crippen LogP contribution in [0.15, 0.2) is 57.2 Å². The average Bonchev–Trinajstić information content (AvgIpc) is 2.68. The molecule has 0 aliphatic carbocycles. The number of sulfone groups is 2. The number of halogens is 4. The lowest BCUT2D eigenvalue weighted by atomic mass is 10.1. The molecule has 0 radical (unpaired) electrons. The number of hydrogen-bond acceptors (Lipinski definition) is 7. The monoisotopic (exact) mass is 515 g/mol. The third-order valence-electron chi connectivity index (χ3n) is 4.35. The van der Waals surface area contributed by atoms with Crippen LogP contribution in [0.3, 0.4) is 0 Å². The fraction of sp³-hybridized carbons (Fsp3) is 0.278. The van der Waals surface area contributed by atoms with E-state index in [1.807, 2.05) is 0 Å². The highest BCUT2D eigenvalue weighted by molar-refractivity contribution is 7.92. The van der Waals surface area contributed by atoms with Gasteiger partial charge >= 0.3 is 6.18 Å². The Kier molecular flexibility index (Phi) is 7.32. The van der Waals surface area contributed by atoms with Crippen molar-refractivity contribution in [3.05, 3.63) is 47.5 Å². The molecule has 0 aliphatic heterocycles. The van der Waals surface area contributed by atoms with E-state index in [-0.39, 0.29) is 27.3 Å². The Hall–Kier alpha value is -2.19. The predicted octanol–water partition coefficient (Wildman–Crippen LogP) is 2.19. The number of rotatable bonds is 7. The van der Waals surface area contributed by atoms with Crippen LogP contribution >= 0.6 is 11.6 Å². The van der Waals surface area contributed by atoms with Crippen molar-refractivity contribution in [2.45, 2.75) is 33.4 Å². The van der Waals surface area contributed by atoms with Gasteiger partial charge < -0.3 is 15.5 Å². The van der Waals surface area contributed by atoms with Gasteiger partial charge in [-0.15, -0.1) is 0 Å². The van der Waals surface area contributed by atoms with Crippen LogP contribution in [0.5, 0.6) is 0 Å². The van der Waals surface area contributed by atoms with Gasteiger partial charge in [0.25, 0.3) is 5.91 Å². The molecule has 176 valence electrons. The molecule has 0 saturated carbocycles. The number of amides is 1. The zero-order valence-electron chi connectivity index (χ0n) is 16.2. The Labute approximate surface area is 186 Å². The van der Waals surface area contributed by atoms with Gasteiger partial charge in [0.2, 0.25) is 15.4 Å². The SMILES string of the molecule is C[C@@](O)(C(=O)Nc1ccc(S(=O)(=O)c2ccc(S(=O)(=O)CCO)cc2)cc1Cl)C(F)(F)F. The van der Waals surface area contributed by atoms with E-state index < -0.39 is 54.7 Å². The van der Waals surface area contributed by atoms with E-state index in [1.54, 1.807) is 5.32 Å². The largest absolute Gasteiger partial charge is 0.426 e. The number of benzene rings is 2. The highest BCUT2D eigenvalue weighted by Gasteiger charge is 2.55. The minimum absolute atomic E-state index is 0.196. The van der Waals surface area contributed by atoms with Crippen LogP contribution in [-0.2, 0) is 24.5 Å². The Morgan fingerprint density at radius 2 is 1.50 bits per heavy atom. The first-order valence-electron chi connectivity index (χ1n) is 8.63. The Morgan fingerprint density at radius 3 is 1.97 bits per heavy atom. The number of carbonyl (C=O) groups excluding carboxylic acids is 1. The molecule has 3 N–H and O–H groups in total. The number of aliphatic hydroxyl groups is 2. The molecule has 32 heavy (non-hydrogen) atoms. The zero-order valence-corrected chi connectivity index (χ0v) is 18.6. The predicted molar refractivity (Wildman–Crippen MR) is 108 cm³/mol. The summed E-state index contributed by atoms with van der Waals surface area (Å²) in [6, 6.07) is 6.95. The summed E-state index contributed by atoms with van der Waals surface area (Å²) in [6.45, 7) is -0.359. The number of carbonyl (C=O) groups is 1. The van der Waals surface area contributed by atoms with Crippen molar-refractivity contribution in [1.82, 2.24) is 0 Å². The molecule has 0 heterocycles. The standard InChI is InChI=1S/C18H17ClF3NO7S2/c1-17(26,18(20,21)22)16(25)23-15-7-6-13(10-14(15)19)32(29,30)12-4-2-11(3-5-12)31(27,28)9-8-24/h2-7,10,24,26H,8-9H2,1H3,(H,23,25)/t17-/m1/s1. The number of alkyl halides is 3. The number of hydrogen-bond donors (Lipinski definition) is 3. The van der Waals surface area contributed by atoms with Gasteiger partial charge in [0, 0.05) is 0 Å². The van der Waals surface area contributed by atoms with E-state index in [9.17, 15) is 39.9 Å². The summed E-state index contributed by atoms with van der Waals surface area (Å²) in [7, 11) is -7.99. The molecule has 2 aromatic rings. The molecular weight excluding hydrogens is 499 g/mol. The average molecular weight is 516 g/mol. The summed E-state index contributed by atoms with van der Waals surface area (Å²) in [5.41, 5.74) is -4.08. The highest BCUT2D eigenvalue weighted by atomic mass is 35.5. The zero-order chi connectivity index (χ0) is 24.5. The molecule has 0 aromatic heterocycles. The second-order valence-corrected chi connectivity index (χ2v) is 11.1. The lowest BCUT2D eigenvalue weighted by Gasteiger charge is -2.25. The molecule has 1 atom stereocenters. The van der Waals surface area contributed by atoms with Crippen LogP contribution in [0.25, 0.3) is 0 Å². The van der Waals surface area contributed by atoms with Crippen molar-refractivity contribution in [3.8, 4) is 0 Å². The molecule has 14 heteroatoms. The fourth-order valence-electron chi connectivity index (χ4n) is 2.34. The summed E-state index contributed by atoms with van der Waals surface area (Å²) in [5, 5.41) is 19.6. The van der Waals surface area contributed by atoms with E-state index in [0.29, 0.717) is 0 Å². The highest BCUT2D eigenvalue weighted by Crippen LogP contribution is 2.33. The molecule has 2 rings (SSSR count). The van der Waals surface area contributed by atoms with Gasteiger partial charge in [0.1, 0.15) is 0 Å². The first kappa shape index (κ1) is 26.1. The molecule has 1 amide bonds. The van der Waals surface area contributed by atoms with Crippen molar-refractivity contribution < 1.29 is 45.0 Å². The molecule has 0 aliphatic rings. The molecule has 2 aromatic carbocycles. The maximum atomic E-state index is 12.8. The van der Waals surface area contributed by atoms with Crippen molar-refractivity contribution in [3.63, 3.8) is 0 Å². The first-order valence-corrected chi connectivity index (χ1v) is 12.1. The normalized spacial score (nSPS) is 14.6. The molecular formula is C18H17ClF3NO7S2. The van der Waals surface area contributed by atoms with Gasteiger partial charge in [-0.05, 0) is 49.4 Å². The van der Waals surface area contributed by atoms with Gasteiger partial charge in [-0.2, -0.15) is 13.2 Å². The van der Waals surface area contributed by atoms with Gasteiger partial charge in [-0.3, -0.25) is 4.79 Å². The smallest absolute Gasteiger partial charge is 0.395 e. The summed E-state index contributed by atoms with van der Waals surface area (Å²) in [4.78, 5) is 10.9. The third kappa shape index (κ3) is 5.23. The summed E-state index contributed by atoms with van der Waals surface area (Å²) < 4.78 is 87.7. The Morgan fingerprint density at radius 1 is 1.00 bits per heavy atom. The van der Waals surface area contributed by atoms with Gasteiger partial charge in [0.05, 0.1) is 37.8 Å². The second-order valence-electron chi connectivity index (χ2n) is 6.68. The van der Waals surface area contributed by atoms with Crippen molar-refractivity contribution in [2.24, 2.45) is 0 Å². The van der Waals surface area contributed by atoms with Crippen molar-refractivity contribution >= 4 is 42.9 Å². The molecule has 0 fully saturated rings. The van der Waals surface area contributed by atoms with Gasteiger partial charge in [-0.1, -0.05) is 11.6 Å². The van der Waals surface area contributed by atoms with Gasteiger partial charge in [-0.25, -0.2) is 16.8 Å². The van der Waals surface area contributed by atoms with Gasteiger partial charge in [0.15, 0.2) is 9.84 Å². The quantitative estimate of drug-likeness (QED) is 0.514. The fourth-order valence-corrected chi connectivity index (χ4v) is 4.94. The topological polar surface area (TPSA) is 138 Å². The number of aliphatic hydroxyl groups excluding tert-OH is 1. The third-order valence-corrected chi connectivity index (χ3v) is 8.14. The van der Waals surface area contributed by atoms with E-state index in [1.165, 1.54) is 0 Å². The van der Waals surface area contributed by atoms with E-state index in [2.05, 4.69) is 0 Å². The van der Waals surface area contributed by atoms with E-state index >= 15 is 0 Å². The summed E-state index contributed by atoms with van der Waals surface area (Å²) in [5.74, 6) is -2.36. The van der Waals surface area contributed by atoms with Crippen LogP contribution in [0.1, 0.15) is 6.92 Å². The summed E-state index contributed by atoms with van der Waals surface area (Å²) in [6.07, 6.45) is -5.26. The molecule has 0 bridgehead atoms. The second kappa shape index (κ2) is 8.98. The van der Waals surface area contributed by atoms with Crippen LogP contribution in [0.4, 0.5) is 18.9 Å². The van der Waals surface area contributed by atoms with E-state index in [0.717, 1.165) is 42.5 Å². The van der Waals surface area contributed by atoms with Crippen LogP contribution in [0, 0.1) is 0 Å². The number of nitrogens with one attached hydrogen (secondary N) is 1. The summed E-state index contributed by atoms with van der Waals surface area (Å²) >= 11 is 5.91. The Bertz CT molecular complexity index is 1230. The molecule has 8 nitrogen and oxygen atoms in total. The molecule has 0 spiro atoms. The van der Waals surface area contributed by atoms with Crippen molar-refractivity contribution in [2.75, 3.05) is 17.7 Å². The van der Waals surface area contributed by atoms with Crippen LogP contribution in [-0.4, -0.2) is 57.1 Å². The minimum atomic E-state index is -5.26. The number of anilines is 1. The van der Waals surface area contributed by atoms with Crippen LogP contribution < -0.4 is 5.32 Å².